The zero-order valence-electron chi connectivity index (χ0n) is 14.6. The Bertz CT molecular complexity index is 660. The van der Waals surface area contributed by atoms with Crippen molar-refractivity contribution in [2.45, 2.75) is 41.1 Å². The first-order valence-electron chi connectivity index (χ1n) is 7.96. The molecule has 0 saturated carbocycles. The zero-order valence-corrected chi connectivity index (χ0v) is 17.1. The van der Waals surface area contributed by atoms with Crippen LogP contribution in [0.5, 0.6) is 0 Å². The summed E-state index contributed by atoms with van der Waals surface area (Å²) < 4.78 is 22.7. The van der Waals surface area contributed by atoms with Crippen molar-refractivity contribution in [2.24, 2.45) is 0 Å². The fourth-order valence-electron chi connectivity index (χ4n) is 1.91. The van der Waals surface area contributed by atoms with E-state index < -0.39 is 23.0 Å². The van der Waals surface area contributed by atoms with Crippen molar-refractivity contribution in [3.05, 3.63) is 60.7 Å². The molecule has 4 heteroatoms. The molecular weight excluding hydrogens is 371 g/mol. The minimum absolute atomic E-state index is 0.135. The molecule has 0 aliphatic carbocycles. The molecule has 0 spiro atoms. The standard InChI is InChI=1S/C18H24OSSeSi/c1-15(22(2,3)4)18(21-17-13-9-6-10-14-17)20(19)16-11-7-5-8-12-16/h5-15,18H,1-4H3/t15-,18?,20?/m0/s1/i18D. The van der Waals surface area contributed by atoms with Gasteiger partial charge in [0.05, 0.1) is 0 Å². The molecule has 0 radical (unpaired) electrons. The van der Waals surface area contributed by atoms with Gasteiger partial charge >= 0.3 is 146 Å². The molecule has 0 aromatic heterocycles. The predicted molar refractivity (Wildman–Crippen MR) is 101 cm³/mol. The van der Waals surface area contributed by atoms with Gasteiger partial charge in [0.15, 0.2) is 0 Å². The van der Waals surface area contributed by atoms with Gasteiger partial charge in [0.2, 0.25) is 0 Å². The summed E-state index contributed by atoms with van der Waals surface area (Å²) in [7, 11) is -2.95. The maximum atomic E-state index is 13.3. The van der Waals surface area contributed by atoms with E-state index in [0.717, 1.165) is 9.36 Å². The first kappa shape index (κ1) is 16.2. The van der Waals surface area contributed by atoms with Gasteiger partial charge in [-0.2, -0.15) is 0 Å². The van der Waals surface area contributed by atoms with E-state index in [1.165, 1.54) is 0 Å². The van der Waals surface area contributed by atoms with E-state index in [-0.39, 0.29) is 20.5 Å². The molecule has 0 aliphatic rings. The van der Waals surface area contributed by atoms with Gasteiger partial charge in [0.25, 0.3) is 0 Å². The van der Waals surface area contributed by atoms with Crippen LogP contribution in [0.3, 0.4) is 0 Å². The average Bonchev–Trinajstić information content (AvgIpc) is 2.54. The molecule has 2 aromatic carbocycles. The van der Waals surface area contributed by atoms with Gasteiger partial charge in [-0.25, -0.2) is 0 Å². The van der Waals surface area contributed by atoms with Crippen molar-refractivity contribution in [2.75, 3.05) is 0 Å². The molecule has 2 unspecified atom stereocenters. The topological polar surface area (TPSA) is 17.1 Å². The van der Waals surface area contributed by atoms with E-state index in [4.69, 9.17) is 0 Å². The quantitative estimate of drug-likeness (QED) is 0.678. The first-order valence-corrected chi connectivity index (χ1v) is 13.9. The van der Waals surface area contributed by atoms with Crippen LogP contribution in [0.25, 0.3) is 0 Å². The fourth-order valence-corrected chi connectivity index (χ4v) is 10.6. The average molecular weight is 397 g/mol. The third-order valence-corrected chi connectivity index (χ3v) is 12.4. The number of benzene rings is 2. The number of hydrogen-bond acceptors (Lipinski definition) is 1. The summed E-state index contributed by atoms with van der Waals surface area (Å²) in [5, 5.41) is 0. The summed E-state index contributed by atoms with van der Waals surface area (Å²) in [5.74, 6) is 0. The van der Waals surface area contributed by atoms with Gasteiger partial charge in [0.1, 0.15) is 0 Å². The van der Waals surface area contributed by atoms with Crippen LogP contribution in [0.2, 0.25) is 25.2 Å². The summed E-state index contributed by atoms with van der Waals surface area (Å²) in [6, 6.07) is 19.6. The van der Waals surface area contributed by atoms with Crippen molar-refractivity contribution in [1.29, 1.82) is 0 Å². The second-order valence-corrected chi connectivity index (χ2v) is 16.4. The summed E-state index contributed by atoms with van der Waals surface area (Å²) in [6.45, 7) is 8.93. The van der Waals surface area contributed by atoms with Gasteiger partial charge < -0.3 is 0 Å². The summed E-state index contributed by atoms with van der Waals surface area (Å²) in [4.78, 5) is 0.769. The van der Waals surface area contributed by atoms with Gasteiger partial charge in [-0.05, 0) is 0 Å². The van der Waals surface area contributed by atoms with E-state index in [2.05, 4.69) is 38.7 Å². The Hall–Kier alpha value is -0.674. The van der Waals surface area contributed by atoms with E-state index in [1.807, 2.05) is 48.5 Å². The van der Waals surface area contributed by atoms with Crippen molar-refractivity contribution >= 4 is 38.3 Å². The maximum absolute atomic E-state index is 13.3. The van der Waals surface area contributed by atoms with Crippen LogP contribution in [0.1, 0.15) is 8.29 Å². The van der Waals surface area contributed by atoms with Gasteiger partial charge in [-0.3, -0.25) is 0 Å². The van der Waals surface area contributed by atoms with E-state index in [0.29, 0.717) is 0 Å². The molecule has 0 bridgehead atoms. The van der Waals surface area contributed by atoms with Gasteiger partial charge in [0, 0.05) is 0 Å². The molecule has 0 N–H and O–H groups in total. The van der Waals surface area contributed by atoms with Crippen LogP contribution in [0.4, 0.5) is 0 Å². The second kappa shape index (κ2) is 7.74. The Morgan fingerprint density at radius 3 is 2.00 bits per heavy atom. The summed E-state index contributed by atoms with van der Waals surface area (Å²) in [6.07, 6.45) is 0. The summed E-state index contributed by atoms with van der Waals surface area (Å²) >= 11 is -0.172. The Labute approximate surface area is 145 Å². The van der Waals surface area contributed by atoms with Crippen LogP contribution >= 0.6 is 0 Å². The molecule has 1 nitrogen and oxygen atoms in total. The zero-order chi connectivity index (χ0) is 17.1. The van der Waals surface area contributed by atoms with E-state index >= 15 is 0 Å². The molecule has 118 valence electrons. The number of hydrogen-bond donors (Lipinski definition) is 0. The van der Waals surface area contributed by atoms with E-state index in [9.17, 15) is 5.58 Å². The SMILES string of the molecule is [2H]C([Se]c1ccccc1)([C@H](C)[Si](C)(C)C)S(=O)c1ccccc1. The van der Waals surface area contributed by atoms with Crippen LogP contribution in [-0.4, -0.2) is 31.4 Å². The molecule has 2 rings (SSSR count). The second-order valence-electron chi connectivity index (χ2n) is 6.40. The normalized spacial score (nSPS) is 18.1. The third kappa shape index (κ3) is 4.66. The van der Waals surface area contributed by atoms with Crippen molar-refractivity contribution in [3.63, 3.8) is 0 Å². The minimum atomic E-state index is -1.61. The molecular formula is C18H24OSSeSi. The molecule has 0 fully saturated rings. The summed E-state index contributed by atoms with van der Waals surface area (Å²) in [5.41, 5.74) is 0.135. The van der Waals surface area contributed by atoms with Crippen LogP contribution in [0, 0.1) is 0 Å². The Kier molecular flexibility index (Phi) is 5.69. The van der Waals surface area contributed by atoms with E-state index in [1.54, 1.807) is 0 Å². The fraction of sp³-hybridized carbons (Fsp3) is 0.333. The van der Waals surface area contributed by atoms with Gasteiger partial charge in [-0.1, -0.05) is 0 Å². The molecule has 2 aromatic rings. The van der Waals surface area contributed by atoms with Crippen LogP contribution in [0.15, 0.2) is 65.6 Å². The predicted octanol–water partition coefficient (Wildman–Crippen LogP) is 3.88. The van der Waals surface area contributed by atoms with Crippen molar-refractivity contribution in [3.8, 4) is 0 Å². The van der Waals surface area contributed by atoms with Crippen LogP contribution < -0.4 is 4.46 Å². The molecule has 0 saturated heterocycles. The molecule has 0 amide bonds. The third-order valence-electron chi connectivity index (χ3n) is 3.75. The molecule has 3 atom stereocenters. The van der Waals surface area contributed by atoms with Gasteiger partial charge in [-0.15, -0.1) is 0 Å². The molecule has 0 heterocycles. The monoisotopic (exact) mass is 397 g/mol. The van der Waals surface area contributed by atoms with Crippen molar-refractivity contribution in [1.82, 2.24) is 0 Å². The number of rotatable bonds is 6. The molecule has 0 aliphatic heterocycles. The first-order chi connectivity index (χ1) is 10.7. The Morgan fingerprint density at radius 2 is 1.50 bits per heavy atom. The van der Waals surface area contributed by atoms with Crippen molar-refractivity contribution < 1.29 is 5.58 Å². The Balaban J connectivity index is 2.45. The van der Waals surface area contributed by atoms with Crippen LogP contribution in [-0.2, 0) is 10.8 Å². The molecule has 22 heavy (non-hydrogen) atoms. The Morgan fingerprint density at radius 1 is 1.00 bits per heavy atom.